The van der Waals surface area contributed by atoms with E-state index in [2.05, 4.69) is 21.2 Å². The van der Waals surface area contributed by atoms with Gasteiger partial charge in [-0.1, -0.05) is 18.6 Å². The number of hydrogen-bond donors (Lipinski definition) is 1. The molecule has 1 fully saturated rings. The maximum Gasteiger partial charge on any atom is 0.337 e. The fraction of sp³-hybridized carbons (Fsp3) is 0.419. The second-order valence-corrected chi connectivity index (χ2v) is 11.3. The van der Waals surface area contributed by atoms with Gasteiger partial charge in [0.15, 0.2) is 17.3 Å². The van der Waals surface area contributed by atoms with E-state index in [1.165, 1.54) is 6.07 Å². The van der Waals surface area contributed by atoms with Gasteiger partial charge in [0.2, 0.25) is 0 Å². The average molecular weight is 599 g/mol. The van der Waals surface area contributed by atoms with Gasteiger partial charge < -0.3 is 19.5 Å². The van der Waals surface area contributed by atoms with Crippen LogP contribution in [0.5, 0.6) is 11.5 Å². The van der Waals surface area contributed by atoms with Gasteiger partial charge in [-0.25, -0.2) is 9.18 Å². The monoisotopic (exact) mass is 597 g/mol. The second-order valence-electron chi connectivity index (χ2n) is 10.5. The van der Waals surface area contributed by atoms with Crippen LogP contribution in [0.2, 0.25) is 0 Å². The third-order valence-corrected chi connectivity index (χ3v) is 8.64. The van der Waals surface area contributed by atoms with E-state index in [1.807, 2.05) is 25.1 Å². The van der Waals surface area contributed by atoms with E-state index in [0.717, 1.165) is 43.4 Å². The van der Waals surface area contributed by atoms with Crippen LogP contribution in [-0.2, 0) is 14.3 Å². The Balaban J connectivity index is 1.53. The lowest BCUT2D eigenvalue weighted by Gasteiger charge is -2.37. The average Bonchev–Trinajstić information content (AvgIpc) is 2.93. The molecule has 2 aliphatic carbocycles. The summed E-state index contributed by atoms with van der Waals surface area (Å²) in [6, 6.07) is 10.4. The molecule has 0 unspecified atom stereocenters. The van der Waals surface area contributed by atoms with Crippen LogP contribution in [0.15, 0.2) is 63.4 Å². The number of dihydropyridines is 1. The van der Waals surface area contributed by atoms with Crippen molar-refractivity contribution < 1.29 is 28.2 Å². The van der Waals surface area contributed by atoms with E-state index in [0.29, 0.717) is 40.3 Å². The summed E-state index contributed by atoms with van der Waals surface area (Å²) < 4.78 is 31.3. The zero-order chi connectivity index (χ0) is 27.7. The number of carbonyl (C=O) groups is 2. The lowest BCUT2D eigenvalue weighted by atomic mass is 9.71. The van der Waals surface area contributed by atoms with Crippen LogP contribution < -0.4 is 14.8 Å². The van der Waals surface area contributed by atoms with Crippen molar-refractivity contribution in [3.63, 3.8) is 0 Å². The van der Waals surface area contributed by atoms with E-state index >= 15 is 0 Å². The molecule has 0 saturated heterocycles. The Morgan fingerprint density at radius 2 is 1.69 bits per heavy atom. The molecule has 0 amide bonds. The van der Waals surface area contributed by atoms with Crippen molar-refractivity contribution in [3.05, 3.63) is 80.4 Å². The molecule has 1 heterocycles. The third kappa shape index (κ3) is 5.49. The van der Waals surface area contributed by atoms with Crippen molar-refractivity contribution in [1.82, 2.24) is 5.32 Å². The molecular formula is C31H33BrFNO5. The molecule has 0 spiro atoms. The topological polar surface area (TPSA) is 73.9 Å². The van der Waals surface area contributed by atoms with Crippen molar-refractivity contribution in [2.24, 2.45) is 0 Å². The summed E-state index contributed by atoms with van der Waals surface area (Å²) in [4.78, 5) is 27.5. The Bertz CT molecular complexity index is 1360. The molecule has 0 radical (unpaired) electrons. The normalized spacial score (nSPS) is 21.8. The molecule has 5 rings (SSSR count). The highest BCUT2D eigenvalue weighted by Crippen LogP contribution is 2.47. The van der Waals surface area contributed by atoms with Crippen LogP contribution in [0.1, 0.15) is 74.8 Å². The predicted molar refractivity (Wildman–Crippen MR) is 149 cm³/mol. The molecule has 8 heteroatoms. The van der Waals surface area contributed by atoms with Crippen LogP contribution in [-0.4, -0.2) is 32.1 Å². The zero-order valence-electron chi connectivity index (χ0n) is 22.4. The number of carbonyl (C=O) groups excluding carboxylic acids is 2. The highest BCUT2D eigenvalue weighted by Gasteiger charge is 2.42. The summed E-state index contributed by atoms with van der Waals surface area (Å²) in [6.45, 7) is 1.84. The number of halogens is 2. The summed E-state index contributed by atoms with van der Waals surface area (Å²) in [5.74, 6) is -0.362. The fourth-order valence-electron chi connectivity index (χ4n) is 6.08. The van der Waals surface area contributed by atoms with Gasteiger partial charge in [-0.05, 0) is 96.3 Å². The molecule has 1 N–H and O–H groups in total. The summed E-state index contributed by atoms with van der Waals surface area (Å²) in [5, 5.41) is 3.39. The summed E-state index contributed by atoms with van der Waals surface area (Å²) in [5.41, 5.74) is 4.04. The highest BCUT2D eigenvalue weighted by molar-refractivity contribution is 9.10. The number of ether oxygens (including phenoxy) is 3. The van der Waals surface area contributed by atoms with Gasteiger partial charge in [0.25, 0.3) is 0 Å². The van der Waals surface area contributed by atoms with Gasteiger partial charge in [0.05, 0.1) is 24.3 Å². The molecule has 206 valence electrons. The van der Waals surface area contributed by atoms with Crippen LogP contribution in [0.25, 0.3) is 0 Å². The molecule has 3 aliphatic rings. The number of methoxy groups -OCH3 is 2. The summed E-state index contributed by atoms with van der Waals surface area (Å²) in [6.07, 6.45) is 5.64. The number of ketones is 1. The van der Waals surface area contributed by atoms with Gasteiger partial charge in [-0.2, -0.15) is 0 Å². The lowest BCUT2D eigenvalue weighted by Crippen LogP contribution is -2.37. The molecule has 2 atom stereocenters. The number of nitrogens with one attached hydrogen (secondary N) is 1. The SMILES string of the molecule is COc1ccc([C@@H]2CC(=O)C3=C(C2)NC(C)=C(C(=O)OC2CCCCC2)[C@H]3c2ccc(F)c(Br)c2)cc1OC. The molecule has 0 bridgehead atoms. The maximum absolute atomic E-state index is 14.2. The molecule has 2 aromatic carbocycles. The number of rotatable bonds is 6. The van der Waals surface area contributed by atoms with Crippen LogP contribution >= 0.6 is 15.9 Å². The Hall–Kier alpha value is -3.13. The first-order valence-corrected chi connectivity index (χ1v) is 14.2. The van der Waals surface area contributed by atoms with E-state index in [-0.39, 0.29) is 28.7 Å². The standard InChI is InChI=1S/C31H33BrFNO5/c1-17-28(31(36)39-21-7-5-4-6-8-21)29(19-9-11-23(33)22(32)13-19)30-24(34-17)14-20(15-25(30)35)18-10-12-26(37-2)27(16-18)38-3/h9-13,16,20-21,29,34H,4-8,14-15H2,1-3H3/t20-,29+/m0/s1. The van der Waals surface area contributed by atoms with Crippen LogP contribution in [0.3, 0.4) is 0 Å². The third-order valence-electron chi connectivity index (χ3n) is 8.03. The first kappa shape index (κ1) is 27.4. The van der Waals surface area contributed by atoms with Crippen LogP contribution in [0, 0.1) is 5.82 Å². The molecule has 2 aromatic rings. The van der Waals surface area contributed by atoms with Gasteiger partial charge in [-0.3, -0.25) is 4.79 Å². The Labute approximate surface area is 236 Å². The Kier molecular flexibility index (Phi) is 8.12. The van der Waals surface area contributed by atoms with Crippen molar-refractivity contribution in [3.8, 4) is 11.5 Å². The minimum atomic E-state index is -0.645. The van der Waals surface area contributed by atoms with Crippen molar-refractivity contribution in [2.75, 3.05) is 14.2 Å². The van der Waals surface area contributed by atoms with E-state index in [9.17, 15) is 14.0 Å². The number of hydrogen-bond acceptors (Lipinski definition) is 6. The smallest absolute Gasteiger partial charge is 0.337 e. The van der Waals surface area contributed by atoms with Crippen LogP contribution in [0.4, 0.5) is 4.39 Å². The first-order chi connectivity index (χ1) is 18.8. The zero-order valence-corrected chi connectivity index (χ0v) is 24.0. The van der Waals surface area contributed by atoms with Gasteiger partial charge in [0, 0.05) is 29.3 Å². The van der Waals surface area contributed by atoms with Gasteiger partial charge in [0.1, 0.15) is 11.9 Å². The molecular weight excluding hydrogens is 565 g/mol. The van der Waals surface area contributed by atoms with Crippen molar-refractivity contribution in [2.45, 2.75) is 69.8 Å². The predicted octanol–water partition coefficient (Wildman–Crippen LogP) is 6.84. The van der Waals surface area contributed by atoms with Crippen molar-refractivity contribution in [1.29, 1.82) is 0 Å². The fourth-order valence-corrected chi connectivity index (χ4v) is 6.47. The largest absolute Gasteiger partial charge is 0.493 e. The van der Waals surface area contributed by atoms with E-state index in [4.69, 9.17) is 14.2 Å². The first-order valence-electron chi connectivity index (χ1n) is 13.4. The molecule has 39 heavy (non-hydrogen) atoms. The Morgan fingerprint density at radius 3 is 2.38 bits per heavy atom. The number of esters is 1. The second kappa shape index (κ2) is 11.5. The van der Waals surface area contributed by atoms with E-state index in [1.54, 1.807) is 26.4 Å². The maximum atomic E-state index is 14.2. The minimum Gasteiger partial charge on any atom is -0.493 e. The number of allylic oxidation sites excluding steroid dienone is 3. The number of Topliss-reactive ketones (excluding diaryl/α,β-unsaturated/α-hetero) is 1. The molecule has 1 saturated carbocycles. The lowest BCUT2D eigenvalue weighted by molar-refractivity contribution is -0.146. The molecule has 6 nitrogen and oxygen atoms in total. The Morgan fingerprint density at radius 1 is 0.974 bits per heavy atom. The summed E-state index contributed by atoms with van der Waals surface area (Å²) >= 11 is 3.29. The molecule has 1 aliphatic heterocycles. The van der Waals surface area contributed by atoms with Gasteiger partial charge in [-0.15, -0.1) is 0 Å². The van der Waals surface area contributed by atoms with Gasteiger partial charge >= 0.3 is 5.97 Å². The number of benzene rings is 2. The quantitative estimate of drug-likeness (QED) is 0.367. The highest BCUT2D eigenvalue weighted by atomic mass is 79.9. The molecule has 0 aromatic heterocycles. The van der Waals surface area contributed by atoms with E-state index < -0.39 is 17.7 Å². The minimum absolute atomic E-state index is 0.0514. The van der Waals surface area contributed by atoms with Crippen molar-refractivity contribution >= 4 is 27.7 Å². The summed E-state index contributed by atoms with van der Waals surface area (Å²) in [7, 11) is 3.18.